The van der Waals surface area contributed by atoms with Gasteiger partial charge in [0.15, 0.2) is 0 Å². The average molecular weight is 348 g/mol. The van der Waals surface area contributed by atoms with E-state index >= 15 is 0 Å². The highest BCUT2D eigenvalue weighted by atomic mass is 19.1. The number of nitrogens with one attached hydrogen (secondary N) is 1. The van der Waals surface area contributed by atoms with E-state index < -0.39 is 0 Å². The van der Waals surface area contributed by atoms with Crippen LogP contribution in [-0.4, -0.2) is 77.6 Å². The lowest BCUT2D eigenvalue weighted by molar-refractivity contribution is 0.0320. The molecule has 136 valence electrons. The number of hydrogen-bond acceptors (Lipinski definition) is 5. The molecule has 2 heterocycles. The van der Waals surface area contributed by atoms with Crippen molar-refractivity contribution in [3.63, 3.8) is 0 Å². The maximum atomic E-state index is 13.1. The van der Waals surface area contributed by atoms with Crippen molar-refractivity contribution in [2.24, 2.45) is 0 Å². The fourth-order valence-electron chi connectivity index (χ4n) is 3.06. The van der Waals surface area contributed by atoms with Gasteiger partial charge in [-0.3, -0.25) is 14.9 Å². The van der Waals surface area contributed by atoms with Crippen molar-refractivity contribution in [3.8, 4) is 11.3 Å². The molecule has 1 aromatic carbocycles. The number of halogens is 1. The predicted octanol–water partition coefficient (Wildman–Crippen LogP) is 1.34. The quantitative estimate of drug-likeness (QED) is 0.754. The molecule has 6 nitrogen and oxygen atoms in total. The lowest BCUT2D eigenvalue weighted by Gasteiger charge is -2.29. The second-order valence-corrected chi connectivity index (χ2v) is 6.23. The van der Waals surface area contributed by atoms with Gasteiger partial charge in [-0.25, -0.2) is 4.39 Å². The lowest BCUT2D eigenvalue weighted by Crippen LogP contribution is -2.41. The van der Waals surface area contributed by atoms with E-state index in [9.17, 15) is 9.50 Å². The van der Waals surface area contributed by atoms with Crippen molar-refractivity contribution in [2.75, 3.05) is 52.5 Å². The maximum absolute atomic E-state index is 13.1. The van der Waals surface area contributed by atoms with Gasteiger partial charge in [-0.2, -0.15) is 5.10 Å². The normalized spacial score (nSPS) is 15.8. The van der Waals surface area contributed by atoms with Gasteiger partial charge in [0.2, 0.25) is 0 Å². The van der Waals surface area contributed by atoms with Crippen LogP contribution in [0, 0.1) is 5.82 Å². The molecule has 7 heteroatoms. The molecule has 0 radical (unpaired) electrons. The van der Waals surface area contributed by atoms with Crippen molar-refractivity contribution < 1.29 is 14.2 Å². The first kappa shape index (κ1) is 18.0. The van der Waals surface area contributed by atoms with Crippen molar-refractivity contribution in [3.05, 3.63) is 41.8 Å². The summed E-state index contributed by atoms with van der Waals surface area (Å²) >= 11 is 0. The first-order chi connectivity index (χ1) is 12.3. The van der Waals surface area contributed by atoms with Crippen molar-refractivity contribution in [2.45, 2.75) is 6.54 Å². The van der Waals surface area contributed by atoms with Gasteiger partial charge in [0.1, 0.15) is 5.82 Å². The first-order valence-corrected chi connectivity index (χ1v) is 8.68. The summed E-state index contributed by atoms with van der Waals surface area (Å²) in [7, 11) is 0. The number of rotatable bonds is 8. The van der Waals surface area contributed by atoms with Crippen molar-refractivity contribution >= 4 is 0 Å². The number of aliphatic hydroxyl groups excluding tert-OH is 1. The largest absolute Gasteiger partial charge is 0.395 e. The molecule has 25 heavy (non-hydrogen) atoms. The summed E-state index contributed by atoms with van der Waals surface area (Å²) in [6, 6.07) is 6.39. The Morgan fingerprint density at radius 2 is 1.96 bits per heavy atom. The van der Waals surface area contributed by atoms with Gasteiger partial charge in [0, 0.05) is 50.4 Å². The summed E-state index contributed by atoms with van der Waals surface area (Å²) in [6.45, 7) is 6.73. The molecule has 0 aliphatic carbocycles. The van der Waals surface area contributed by atoms with Gasteiger partial charge in [-0.1, -0.05) is 0 Å². The molecule has 1 fully saturated rings. The molecule has 2 aromatic rings. The van der Waals surface area contributed by atoms with Gasteiger partial charge in [0.25, 0.3) is 0 Å². The summed E-state index contributed by atoms with van der Waals surface area (Å²) in [6.07, 6.45) is 1.80. The van der Waals surface area contributed by atoms with Gasteiger partial charge in [-0.05, 0) is 24.3 Å². The molecule has 1 saturated heterocycles. The van der Waals surface area contributed by atoms with Crippen LogP contribution in [0.5, 0.6) is 0 Å². The molecule has 1 aromatic heterocycles. The minimum atomic E-state index is -0.253. The van der Waals surface area contributed by atoms with E-state index in [0.29, 0.717) is 13.1 Å². The molecular formula is C18H25FN4O2. The van der Waals surface area contributed by atoms with E-state index in [0.717, 1.165) is 56.2 Å². The second kappa shape index (κ2) is 9.05. The molecular weight excluding hydrogens is 323 g/mol. The summed E-state index contributed by atoms with van der Waals surface area (Å²) in [5, 5.41) is 16.5. The van der Waals surface area contributed by atoms with Gasteiger partial charge >= 0.3 is 0 Å². The Kier molecular flexibility index (Phi) is 6.52. The zero-order valence-electron chi connectivity index (χ0n) is 14.3. The van der Waals surface area contributed by atoms with Crippen LogP contribution < -0.4 is 0 Å². The van der Waals surface area contributed by atoms with Crippen LogP contribution in [0.15, 0.2) is 30.5 Å². The van der Waals surface area contributed by atoms with E-state index in [1.807, 2.05) is 0 Å². The van der Waals surface area contributed by atoms with Crippen molar-refractivity contribution in [1.82, 2.24) is 20.0 Å². The van der Waals surface area contributed by atoms with Crippen LogP contribution in [0.3, 0.4) is 0 Å². The molecule has 0 amide bonds. The van der Waals surface area contributed by atoms with Crippen LogP contribution in [0.4, 0.5) is 4.39 Å². The molecule has 0 unspecified atom stereocenters. The Bertz CT molecular complexity index is 641. The topological polar surface area (TPSA) is 64.6 Å². The zero-order chi connectivity index (χ0) is 17.5. The van der Waals surface area contributed by atoms with Crippen LogP contribution in [0.2, 0.25) is 0 Å². The van der Waals surface area contributed by atoms with E-state index in [1.165, 1.54) is 12.1 Å². The number of morpholine rings is 1. The summed E-state index contributed by atoms with van der Waals surface area (Å²) in [4.78, 5) is 4.59. The van der Waals surface area contributed by atoms with Crippen molar-refractivity contribution in [1.29, 1.82) is 0 Å². The minimum Gasteiger partial charge on any atom is -0.395 e. The van der Waals surface area contributed by atoms with Gasteiger partial charge in [-0.15, -0.1) is 0 Å². The second-order valence-electron chi connectivity index (χ2n) is 6.23. The molecule has 3 rings (SSSR count). The third kappa shape index (κ3) is 5.09. The fourth-order valence-corrected chi connectivity index (χ4v) is 3.06. The van der Waals surface area contributed by atoms with Gasteiger partial charge in [0.05, 0.1) is 31.7 Å². The number of aliphatic hydroxyl groups is 1. The van der Waals surface area contributed by atoms with Crippen LogP contribution in [0.25, 0.3) is 11.3 Å². The average Bonchev–Trinajstić information content (AvgIpc) is 3.09. The SMILES string of the molecule is OCCN(CCN1CCOCC1)Cc1cn[nH]c1-c1ccc(F)cc1. The van der Waals surface area contributed by atoms with Crippen LogP contribution in [-0.2, 0) is 11.3 Å². The third-order valence-corrected chi connectivity index (χ3v) is 4.50. The highest BCUT2D eigenvalue weighted by Gasteiger charge is 2.15. The number of benzene rings is 1. The number of aromatic amines is 1. The highest BCUT2D eigenvalue weighted by molar-refractivity contribution is 5.62. The molecule has 1 aliphatic heterocycles. The van der Waals surface area contributed by atoms with E-state index in [-0.39, 0.29) is 12.4 Å². The lowest BCUT2D eigenvalue weighted by atomic mass is 10.1. The standard InChI is InChI=1S/C18H25FN4O2/c19-17-3-1-15(2-4-17)18-16(13-20-21-18)14-23(7-10-24)6-5-22-8-11-25-12-9-22/h1-4,13,24H,5-12,14H2,(H,20,21). The van der Waals surface area contributed by atoms with Crippen LogP contribution >= 0.6 is 0 Å². The highest BCUT2D eigenvalue weighted by Crippen LogP contribution is 2.22. The Hall–Kier alpha value is -1.80. The summed E-state index contributed by atoms with van der Waals surface area (Å²) in [5.41, 5.74) is 2.85. The smallest absolute Gasteiger partial charge is 0.123 e. The van der Waals surface area contributed by atoms with E-state index in [2.05, 4.69) is 20.0 Å². The van der Waals surface area contributed by atoms with E-state index in [1.54, 1.807) is 18.3 Å². The minimum absolute atomic E-state index is 0.118. The Labute approximate surface area is 147 Å². The molecule has 0 atom stereocenters. The molecule has 0 bridgehead atoms. The fraction of sp³-hybridized carbons (Fsp3) is 0.500. The Morgan fingerprint density at radius 1 is 1.20 bits per heavy atom. The van der Waals surface area contributed by atoms with Crippen LogP contribution in [0.1, 0.15) is 5.56 Å². The molecule has 0 saturated carbocycles. The summed E-state index contributed by atoms with van der Waals surface area (Å²) < 4.78 is 18.5. The maximum Gasteiger partial charge on any atom is 0.123 e. The summed E-state index contributed by atoms with van der Waals surface area (Å²) in [5.74, 6) is -0.253. The number of H-pyrrole nitrogens is 1. The monoisotopic (exact) mass is 348 g/mol. The van der Waals surface area contributed by atoms with E-state index in [4.69, 9.17) is 4.74 Å². The number of ether oxygens (including phenoxy) is 1. The Morgan fingerprint density at radius 3 is 2.68 bits per heavy atom. The molecule has 1 aliphatic rings. The number of nitrogens with zero attached hydrogens (tertiary/aromatic N) is 3. The third-order valence-electron chi connectivity index (χ3n) is 4.50. The zero-order valence-corrected chi connectivity index (χ0v) is 14.3. The first-order valence-electron chi connectivity index (χ1n) is 8.68. The molecule has 0 spiro atoms. The van der Waals surface area contributed by atoms with Gasteiger partial charge < -0.3 is 9.84 Å². The molecule has 2 N–H and O–H groups in total. The number of hydrogen-bond donors (Lipinski definition) is 2. The predicted molar refractivity (Wildman–Crippen MR) is 93.6 cm³/mol. The number of aromatic nitrogens is 2. The Balaban J connectivity index is 1.63.